The van der Waals surface area contributed by atoms with E-state index in [4.69, 9.17) is 16.3 Å². The highest BCUT2D eigenvalue weighted by Gasteiger charge is 2.29. The van der Waals surface area contributed by atoms with Gasteiger partial charge < -0.3 is 14.4 Å². The van der Waals surface area contributed by atoms with Crippen LogP contribution in [-0.4, -0.2) is 59.2 Å². The number of hydrogen-bond donors (Lipinski definition) is 1. The van der Waals surface area contributed by atoms with E-state index >= 15 is 0 Å². The molecule has 6 nitrogen and oxygen atoms in total. The third-order valence-corrected chi connectivity index (χ3v) is 7.17. The minimum atomic E-state index is -0.786. The van der Waals surface area contributed by atoms with E-state index in [1.807, 2.05) is 12.3 Å². The molecule has 1 aliphatic carbocycles. The molecule has 2 heterocycles. The van der Waals surface area contributed by atoms with Gasteiger partial charge in [0.15, 0.2) is 5.78 Å². The van der Waals surface area contributed by atoms with Crippen LogP contribution in [-0.2, 0) is 16.1 Å². The van der Waals surface area contributed by atoms with E-state index < -0.39 is 11.9 Å². The van der Waals surface area contributed by atoms with E-state index in [-0.39, 0.29) is 5.78 Å². The fraction of sp³-hybridized carbons (Fsp3) is 0.583. The second-order valence-corrected chi connectivity index (χ2v) is 9.32. The molecule has 1 atom stereocenters. The van der Waals surface area contributed by atoms with Crippen LogP contribution in [0.25, 0.3) is 10.9 Å². The molecule has 0 spiro atoms. The number of carbonyl (C=O) groups excluding carboxylic acids is 1. The average Bonchev–Trinajstić information content (AvgIpc) is 3.38. The number of Topliss-reactive ketones (excluding diaryl/α,β-unsaturated/α-hetero) is 1. The van der Waals surface area contributed by atoms with Gasteiger partial charge in [0.1, 0.15) is 0 Å². The minimum absolute atomic E-state index is 0.0879. The van der Waals surface area contributed by atoms with Crippen molar-refractivity contribution in [1.82, 2.24) is 9.47 Å². The van der Waals surface area contributed by atoms with Crippen molar-refractivity contribution in [1.29, 1.82) is 0 Å². The summed E-state index contributed by atoms with van der Waals surface area (Å²) in [5.41, 5.74) is 2.18. The average molecular weight is 447 g/mol. The lowest BCUT2D eigenvalue weighted by atomic mass is 9.87. The lowest BCUT2D eigenvalue weighted by Gasteiger charge is -2.26. The summed E-state index contributed by atoms with van der Waals surface area (Å²) in [5, 5.41) is 11.3. The smallest absolute Gasteiger partial charge is 0.311 e. The Morgan fingerprint density at radius 1 is 1.19 bits per heavy atom. The first-order valence-corrected chi connectivity index (χ1v) is 11.7. The number of carboxylic acid groups (broad SMARTS) is 1. The number of rotatable bonds is 8. The molecule has 1 aliphatic heterocycles. The first-order chi connectivity index (χ1) is 14.9. The molecule has 1 aromatic heterocycles. The van der Waals surface area contributed by atoms with Gasteiger partial charge in [-0.05, 0) is 37.0 Å². The standard InChI is InChI=1S/C24H31ClN2O4/c1-16(28)18-14-23-19(13-22(18)25)21(20(24(29)30)12-17-4-2-3-5-17)15-27(23)7-6-26-8-10-31-11-9-26/h13-15,17,20H,2-12H2,1H3,(H,29,30). The van der Waals surface area contributed by atoms with E-state index in [0.717, 1.165) is 68.7 Å². The van der Waals surface area contributed by atoms with Gasteiger partial charge in [-0.3, -0.25) is 14.5 Å². The van der Waals surface area contributed by atoms with E-state index in [1.54, 1.807) is 6.07 Å². The zero-order chi connectivity index (χ0) is 22.0. The molecule has 1 aromatic carbocycles. The third kappa shape index (κ3) is 4.97. The largest absolute Gasteiger partial charge is 0.481 e. The van der Waals surface area contributed by atoms with Gasteiger partial charge in [0.25, 0.3) is 0 Å². The molecule has 1 unspecified atom stereocenters. The summed E-state index contributed by atoms with van der Waals surface area (Å²) in [4.78, 5) is 26.7. The Balaban J connectivity index is 1.71. The highest BCUT2D eigenvalue weighted by Crippen LogP contribution is 2.39. The monoisotopic (exact) mass is 446 g/mol. The molecule has 1 N–H and O–H groups in total. The maximum Gasteiger partial charge on any atom is 0.311 e. The van der Waals surface area contributed by atoms with Gasteiger partial charge in [0.05, 0.1) is 24.2 Å². The number of ketones is 1. The fourth-order valence-electron chi connectivity index (χ4n) is 5.08. The predicted octanol–water partition coefficient (Wildman–Crippen LogP) is 4.58. The van der Waals surface area contributed by atoms with E-state index in [9.17, 15) is 14.7 Å². The Bertz CT molecular complexity index is 958. The molecule has 1 saturated heterocycles. The van der Waals surface area contributed by atoms with Crippen molar-refractivity contribution in [2.75, 3.05) is 32.8 Å². The van der Waals surface area contributed by atoms with Crippen LogP contribution in [0.3, 0.4) is 0 Å². The molecule has 0 bridgehead atoms. The number of aliphatic carboxylic acids is 1. The highest BCUT2D eigenvalue weighted by atomic mass is 35.5. The first-order valence-electron chi connectivity index (χ1n) is 11.3. The Kier molecular flexibility index (Phi) is 6.99. The van der Waals surface area contributed by atoms with Crippen LogP contribution in [0.2, 0.25) is 5.02 Å². The number of carbonyl (C=O) groups is 2. The van der Waals surface area contributed by atoms with Gasteiger partial charge in [-0.2, -0.15) is 0 Å². The maximum absolute atomic E-state index is 12.3. The van der Waals surface area contributed by atoms with Crippen molar-refractivity contribution in [2.24, 2.45) is 5.92 Å². The number of ether oxygens (including phenoxy) is 1. The van der Waals surface area contributed by atoms with Gasteiger partial charge in [-0.1, -0.05) is 37.3 Å². The molecule has 7 heteroatoms. The van der Waals surface area contributed by atoms with Gasteiger partial charge >= 0.3 is 5.97 Å². The normalized spacial score (nSPS) is 19.2. The number of halogens is 1. The summed E-state index contributed by atoms with van der Waals surface area (Å²) in [5.74, 6) is -0.977. The quantitative estimate of drug-likeness (QED) is 0.601. The number of benzene rings is 1. The molecule has 4 rings (SSSR count). The molecule has 31 heavy (non-hydrogen) atoms. The van der Waals surface area contributed by atoms with Crippen molar-refractivity contribution in [3.8, 4) is 0 Å². The topological polar surface area (TPSA) is 71.8 Å². The van der Waals surface area contributed by atoms with Crippen molar-refractivity contribution < 1.29 is 19.4 Å². The summed E-state index contributed by atoms with van der Waals surface area (Å²) in [7, 11) is 0. The second-order valence-electron chi connectivity index (χ2n) is 8.91. The Morgan fingerprint density at radius 3 is 2.55 bits per heavy atom. The van der Waals surface area contributed by atoms with Crippen LogP contribution >= 0.6 is 11.6 Å². The van der Waals surface area contributed by atoms with Gasteiger partial charge in [-0.15, -0.1) is 0 Å². The Hall–Kier alpha value is -1.89. The van der Waals surface area contributed by atoms with E-state index in [0.29, 0.717) is 22.9 Å². The van der Waals surface area contributed by atoms with Gasteiger partial charge in [0.2, 0.25) is 0 Å². The second kappa shape index (κ2) is 9.72. The molecule has 2 fully saturated rings. The van der Waals surface area contributed by atoms with Crippen molar-refractivity contribution in [2.45, 2.75) is 51.5 Å². The van der Waals surface area contributed by atoms with E-state index in [1.165, 1.54) is 19.8 Å². The maximum atomic E-state index is 12.3. The first kappa shape index (κ1) is 22.3. The summed E-state index contributed by atoms with van der Waals surface area (Å²) >= 11 is 6.43. The van der Waals surface area contributed by atoms with Gasteiger partial charge in [-0.25, -0.2) is 0 Å². The van der Waals surface area contributed by atoms with Crippen LogP contribution in [0, 0.1) is 5.92 Å². The van der Waals surface area contributed by atoms with Crippen molar-refractivity contribution >= 4 is 34.3 Å². The third-order valence-electron chi connectivity index (χ3n) is 6.86. The predicted molar refractivity (Wildman–Crippen MR) is 121 cm³/mol. The van der Waals surface area contributed by atoms with Crippen LogP contribution < -0.4 is 0 Å². The van der Waals surface area contributed by atoms with E-state index in [2.05, 4.69) is 9.47 Å². The van der Waals surface area contributed by atoms with Crippen molar-refractivity contribution in [3.05, 3.63) is 34.5 Å². The minimum Gasteiger partial charge on any atom is -0.481 e. The Morgan fingerprint density at radius 2 is 1.90 bits per heavy atom. The summed E-state index contributed by atoms with van der Waals surface area (Å²) in [6.07, 6.45) is 7.23. The van der Waals surface area contributed by atoms with Gasteiger partial charge in [0, 0.05) is 48.8 Å². The van der Waals surface area contributed by atoms with Crippen molar-refractivity contribution in [3.63, 3.8) is 0 Å². The Labute approximate surface area is 188 Å². The number of carboxylic acids is 1. The summed E-state index contributed by atoms with van der Waals surface area (Å²) in [6.45, 7) is 6.37. The molecular weight excluding hydrogens is 416 g/mol. The fourth-order valence-corrected chi connectivity index (χ4v) is 5.38. The van der Waals surface area contributed by atoms with Crippen LogP contribution in [0.4, 0.5) is 0 Å². The number of morpholine rings is 1. The molecule has 1 saturated carbocycles. The summed E-state index contributed by atoms with van der Waals surface area (Å²) in [6, 6.07) is 3.62. The van der Waals surface area contributed by atoms with Crippen LogP contribution in [0.15, 0.2) is 18.3 Å². The molecular formula is C24H31ClN2O4. The number of fused-ring (bicyclic) bond motifs is 1. The SMILES string of the molecule is CC(=O)c1cc2c(cc1Cl)c(C(CC1CCCC1)C(=O)O)cn2CCN1CCOCC1. The van der Waals surface area contributed by atoms with Crippen LogP contribution in [0.5, 0.6) is 0 Å². The molecule has 2 aromatic rings. The molecule has 2 aliphatic rings. The summed E-state index contributed by atoms with van der Waals surface area (Å²) < 4.78 is 7.54. The molecule has 0 amide bonds. The number of aromatic nitrogens is 1. The zero-order valence-corrected chi connectivity index (χ0v) is 18.9. The lowest BCUT2D eigenvalue weighted by Crippen LogP contribution is -2.38. The number of hydrogen-bond acceptors (Lipinski definition) is 4. The number of nitrogens with zero attached hydrogens (tertiary/aromatic N) is 2. The molecule has 0 radical (unpaired) electrons. The zero-order valence-electron chi connectivity index (χ0n) is 18.1. The highest BCUT2D eigenvalue weighted by molar-refractivity contribution is 6.34. The lowest BCUT2D eigenvalue weighted by molar-refractivity contribution is -0.139. The van der Waals surface area contributed by atoms with Crippen LogP contribution in [0.1, 0.15) is 60.9 Å². The molecule has 168 valence electrons.